The Labute approximate surface area is 124 Å². The maximum atomic E-state index is 4.15. The number of aryl methyl sites for hydroxylation is 1. The molecule has 0 aliphatic heterocycles. The van der Waals surface area contributed by atoms with Crippen molar-refractivity contribution in [2.75, 3.05) is 6.54 Å². The summed E-state index contributed by atoms with van der Waals surface area (Å²) in [6.45, 7) is 1.84. The molecule has 0 spiro atoms. The zero-order valence-corrected chi connectivity index (χ0v) is 13.3. The first-order valence-corrected chi connectivity index (χ1v) is 7.36. The van der Waals surface area contributed by atoms with Crippen molar-refractivity contribution < 1.29 is 0 Å². The summed E-state index contributed by atoms with van der Waals surface area (Å²) >= 11 is 6.98. The molecule has 0 atom stereocenters. The molecular weight excluding hydrogens is 358 g/mol. The molecule has 0 bridgehead atoms. The first kappa shape index (κ1) is 13.8. The molecule has 0 saturated carbocycles. The van der Waals surface area contributed by atoms with E-state index in [9.17, 15) is 0 Å². The lowest BCUT2D eigenvalue weighted by molar-refractivity contribution is 0.686. The zero-order chi connectivity index (χ0) is 13.0. The number of hydrogen-bond donors (Lipinski definition) is 1. The Bertz CT molecular complexity index is 523. The van der Waals surface area contributed by atoms with Crippen LogP contribution >= 0.6 is 31.9 Å². The van der Waals surface area contributed by atoms with Crippen molar-refractivity contribution in [1.29, 1.82) is 0 Å². The van der Waals surface area contributed by atoms with E-state index in [2.05, 4.69) is 66.7 Å². The number of rotatable bonds is 5. The molecule has 0 aliphatic carbocycles. The summed E-state index contributed by atoms with van der Waals surface area (Å²) < 4.78 is 4.01. The van der Waals surface area contributed by atoms with E-state index in [-0.39, 0.29) is 0 Å². The van der Waals surface area contributed by atoms with Gasteiger partial charge in [0.25, 0.3) is 0 Å². The standard InChI is InChI=1S/C13H15Br2N3/c1-18-9-11(8-17-18)4-5-16-7-10-2-3-12(14)13(15)6-10/h2-3,6,8-9,16H,4-5,7H2,1H3. The summed E-state index contributed by atoms with van der Waals surface area (Å²) in [5.41, 5.74) is 2.54. The average Bonchev–Trinajstić information content (AvgIpc) is 2.75. The second-order valence-corrected chi connectivity index (χ2v) is 5.91. The van der Waals surface area contributed by atoms with E-state index >= 15 is 0 Å². The molecule has 18 heavy (non-hydrogen) atoms. The molecular formula is C13H15Br2N3. The third-order valence-corrected chi connectivity index (χ3v) is 4.54. The third kappa shape index (κ3) is 3.93. The van der Waals surface area contributed by atoms with Gasteiger partial charge < -0.3 is 5.32 Å². The van der Waals surface area contributed by atoms with Crippen molar-refractivity contribution in [3.05, 3.63) is 50.7 Å². The molecule has 0 aliphatic rings. The van der Waals surface area contributed by atoms with Crippen LogP contribution in [0.4, 0.5) is 0 Å². The van der Waals surface area contributed by atoms with Crippen LogP contribution in [-0.4, -0.2) is 16.3 Å². The fourth-order valence-corrected chi connectivity index (χ4v) is 2.39. The Balaban J connectivity index is 1.76. The van der Waals surface area contributed by atoms with Crippen LogP contribution in [0, 0.1) is 0 Å². The van der Waals surface area contributed by atoms with E-state index in [1.54, 1.807) is 0 Å². The van der Waals surface area contributed by atoms with Gasteiger partial charge in [0.1, 0.15) is 0 Å². The van der Waals surface area contributed by atoms with Gasteiger partial charge in [-0.1, -0.05) is 6.07 Å². The van der Waals surface area contributed by atoms with E-state index in [0.29, 0.717) is 0 Å². The summed E-state index contributed by atoms with van der Waals surface area (Å²) in [4.78, 5) is 0. The molecule has 2 aromatic rings. The minimum absolute atomic E-state index is 0.881. The largest absolute Gasteiger partial charge is 0.312 e. The van der Waals surface area contributed by atoms with Gasteiger partial charge in [-0.05, 0) is 68.1 Å². The van der Waals surface area contributed by atoms with E-state index in [1.165, 1.54) is 11.1 Å². The molecule has 1 aromatic carbocycles. The second-order valence-electron chi connectivity index (χ2n) is 4.20. The van der Waals surface area contributed by atoms with Crippen LogP contribution in [0.5, 0.6) is 0 Å². The molecule has 1 aromatic heterocycles. The monoisotopic (exact) mass is 371 g/mol. The Hall–Kier alpha value is -0.650. The van der Waals surface area contributed by atoms with E-state index in [4.69, 9.17) is 0 Å². The molecule has 1 heterocycles. The normalized spacial score (nSPS) is 10.8. The quantitative estimate of drug-likeness (QED) is 0.816. The Morgan fingerprint density at radius 3 is 2.72 bits per heavy atom. The van der Waals surface area contributed by atoms with Gasteiger partial charge in [0, 0.05) is 28.7 Å². The molecule has 0 unspecified atom stereocenters. The Kier molecular flexibility index (Phi) is 4.97. The van der Waals surface area contributed by atoms with Gasteiger partial charge in [0.15, 0.2) is 0 Å². The fraction of sp³-hybridized carbons (Fsp3) is 0.308. The van der Waals surface area contributed by atoms with E-state index in [0.717, 1.165) is 28.5 Å². The summed E-state index contributed by atoms with van der Waals surface area (Å²) in [5, 5.41) is 7.59. The highest BCUT2D eigenvalue weighted by atomic mass is 79.9. The van der Waals surface area contributed by atoms with Crippen LogP contribution < -0.4 is 5.32 Å². The lowest BCUT2D eigenvalue weighted by Gasteiger charge is -2.05. The average molecular weight is 373 g/mol. The maximum absolute atomic E-state index is 4.15. The van der Waals surface area contributed by atoms with Gasteiger partial charge in [0.05, 0.1) is 6.20 Å². The number of hydrogen-bond acceptors (Lipinski definition) is 2. The Morgan fingerprint density at radius 2 is 2.06 bits per heavy atom. The van der Waals surface area contributed by atoms with Gasteiger partial charge in [-0.25, -0.2) is 0 Å². The number of nitrogens with one attached hydrogen (secondary N) is 1. The molecule has 3 nitrogen and oxygen atoms in total. The summed E-state index contributed by atoms with van der Waals surface area (Å²) in [5.74, 6) is 0. The van der Waals surface area contributed by atoms with Crippen LogP contribution in [0.3, 0.4) is 0 Å². The minimum atomic E-state index is 0.881. The van der Waals surface area contributed by atoms with Crippen molar-refractivity contribution in [2.45, 2.75) is 13.0 Å². The van der Waals surface area contributed by atoms with Gasteiger partial charge in [-0.15, -0.1) is 0 Å². The molecule has 0 saturated heterocycles. The fourth-order valence-electron chi connectivity index (χ4n) is 1.72. The lowest BCUT2D eigenvalue weighted by atomic mass is 10.2. The van der Waals surface area contributed by atoms with Crippen LogP contribution in [0.25, 0.3) is 0 Å². The summed E-state index contributed by atoms with van der Waals surface area (Å²) in [7, 11) is 1.94. The van der Waals surface area contributed by atoms with E-state index < -0.39 is 0 Å². The zero-order valence-electron chi connectivity index (χ0n) is 10.2. The van der Waals surface area contributed by atoms with Gasteiger partial charge in [0.2, 0.25) is 0 Å². The van der Waals surface area contributed by atoms with Crippen molar-refractivity contribution in [1.82, 2.24) is 15.1 Å². The molecule has 0 fully saturated rings. The highest BCUT2D eigenvalue weighted by Crippen LogP contribution is 2.23. The first-order valence-electron chi connectivity index (χ1n) is 5.77. The van der Waals surface area contributed by atoms with Crippen LogP contribution in [0.2, 0.25) is 0 Å². The van der Waals surface area contributed by atoms with Crippen LogP contribution in [-0.2, 0) is 20.0 Å². The molecule has 96 valence electrons. The van der Waals surface area contributed by atoms with Crippen molar-refractivity contribution in [2.24, 2.45) is 7.05 Å². The van der Waals surface area contributed by atoms with Gasteiger partial charge >= 0.3 is 0 Å². The topological polar surface area (TPSA) is 29.9 Å². The maximum Gasteiger partial charge on any atom is 0.0522 e. The summed E-state index contributed by atoms with van der Waals surface area (Å²) in [6, 6.07) is 6.30. The van der Waals surface area contributed by atoms with E-state index in [1.807, 2.05) is 17.9 Å². The van der Waals surface area contributed by atoms with Crippen molar-refractivity contribution in [3.8, 4) is 0 Å². The number of nitrogens with zero attached hydrogens (tertiary/aromatic N) is 2. The molecule has 0 amide bonds. The van der Waals surface area contributed by atoms with Crippen molar-refractivity contribution >= 4 is 31.9 Å². The predicted octanol–water partition coefficient (Wildman–Crippen LogP) is 3.28. The van der Waals surface area contributed by atoms with Crippen LogP contribution in [0.1, 0.15) is 11.1 Å². The number of benzene rings is 1. The molecule has 5 heteroatoms. The molecule has 2 rings (SSSR count). The molecule has 1 N–H and O–H groups in total. The van der Waals surface area contributed by atoms with Crippen molar-refractivity contribution in [3.63, 3.8) is 0 Å². The van der Waals surface area contributed by atoms with Gasteiger partial charge in [-0.2, -0.15) is 5.10 Å². The highest BCUT2D eigenvalue weighted by Gasteiger charge is 1.99. The summed E-state index contributed by atoms with van der Waals surface area (Å²) in [6.07, 6.45) is 4.97. The third-order valence-electron chi connectivity index (χ3n) is 2.66. The minimum Gasteiger partial charge on any atom is -0.312 e. The lowest BCUT2D eigenvalue weighted by Crippen LogP contribution is -2.16. The SMILES string of the molecule is Cn1cc(CCNCc2ccc(Br)c(Br)c2)cn1. The van der Waals surface area contributed by atoms with Gasteiger partial charge in [-0.3, -0.25) is 4.68 Å². The molecule has 0 radical (unpaired) electrons. The second kappa shape index (κ2) is 6.50. The Morgan fingerprint density at radius 1 is 1.22 bits per heavy atom. The number of halogens is 2. The predicted molar refractivity (Wildman–Crippen MR) is 80.5 cm³/mol. The smallest absolute Gasteiger partial charge is 0.0522 e. The van der Waals surface area contributed by atoms with Crippen LogP contribution in [0.15, 0.2) is 39.5 Å². The number of aromatic nitrogens is 2. The highest BCUT2D eigenvalue weighted by molar-refractivity contribution is 9.13. The first-order chi connectivity index (χ1) is 8.65.